The van der Waals surface area contributed by atoms with Gasteiger partial charge in [0, 0.05) is 19.0 Å². The zero-order valence-electron chi connectivity index (χ0n) is 19.7. The van der Waals surface area contributed by atoms with Gasteiger partial charge < -0.3 is 9.64 Å². The Labute approximate surface area is 207 Å². The summed E-state index contributed by atoms with van der Waals surface area (Å²) in [5, 5.41) is 1.23. The number of halogens is 2. The van der Waals surface area contributed by atoms with Gasteiger partial charge in [0.25, 0.3) is 0 Å². The zero-order chi connectivity index (χ0) is 24.8. The first-order valence-corrected chi connectivity index (χ1v) is 13.4. The molecule has 0 aromatic heterocycles. The van der Waals surface area contributed by atoms with Crippen LogP contribution in [0.15, 0.2) is 36.4 Å². The molecule has 1 N–H and O–H groups in total. The van der Waals surface area contributed by atoms with E-state index < -0.39 is 10.0 Å². The highest BCUT2D eigenvalue weighted by Gasteiger charge is 2.26. The molecule has 0 fully saturated rings. The molecule has 0 atom stereocenters. The third kappa shape index (κ3) is 7.88. The van der Waals surface area contributed by atoms with Crippen LogP contribution >= 0.6 is 23.2 Å². The van der Waals surface area contributed by atoms with Crippen LogP contribution in [0, 0.1) is 0 Å². The van der Waals surface area contributed by atoms with Gasteiger partial charge in [0.1, 0.15) is 12.4 Å². The summed E-state index contributed by atoms with van der Waals surface area (Å²) in [5.41, 5.74) is 2.48. The van der Waals surface area contributed by atoms with E-state index in [2.05, 4.69) is 30.4 Å². The summed E-state index contributed by atoms with van der Waals surface area (Å²) in [6.45, 7) is 6.69. The van der Waals surface area contributed by atoms with Crippen molar-refractivity contribution >= 4 is 44.7 Å². The van der Waals surface area contributed by atoms with Crippen molar-refractivity contribution in [2.45, 2.75) is 39.0 Å². The van der Waals surface area contributed by atoms with Gasteiger partial charge in [-0.25, -0.2) is 13.1 Å². The highest BCUT2D eigenvalue weighted by molar-refractivity contribution is 7.88. The number of nitrogens with one attached hydrogen (secondary N) is 1. The minimum absolute atomic E-state index is 0.219. The van der Waals surface area contributed by atoms with Crippen molar-refractivity contribution in [3.8, 4) is 5.75 Å². The highest BCUT2D eigenvalue weighted by Crippen LogP contribution is 2.40. The molecule has 0 unspecified atom stereocenters. The van der Waals surface area contributed by atoms with Crippen LogP contribution in [0.3, 0.4) is 0 Å². The topological polar surface area (TPSA) is 75.7 Å². The lowest BCUT2D eigenvalue weighted by molar-refractivity contribution is -0.119. The van der Waals surface area contributed by atoms with E-state index in [0.29, 0.717) is 15.8 Å². The Morgan fingerprint density at radius 1 is 1.09 bits per heavy atom. The van der Waals surface area contributed by atoms with Crippen LogP contribution < -0.4 is 14.4 Å². The first-order chi connectivity index (χ1) is 15.3. The number of hydrogen-bond acceptors (Lipinski definition) is 5. The van der Waals surface area contributed by atoms with Crippen molar-refractivity contribution in [3.63, 3.8) is 0 Å². The molecule has 0 radical (unpaired) electrons. The highest BCUT2D eigenvalue weighted by atomic mass is 35.5. The fourth-order valence-electron chi connectivity index (χ4n) is 3.36. The lowest BCUT2D eigenvalue weighted by atomic mass is 9.78. The van der Waals surface area contributed by atoms with E-state index in [1.165, 1.54) is 0 Å². The Morgan fingerprint density at radius 2 is 1.67 bits per heavy atom. The van der Waals surface area contributed by atoms with E-state index in [4.69, 9.17) is 27.9 Å². The molecule has 0 saturated heterocycles. The minimum atomic E-state index is -3.42. The fourth-order valence-corrected chi connectivity index (χ4v) is 4.56. The number of carbonyl (C=O) groups excluding carboxylic acids is 1. The van der Waals surface area contributed by atoms with E-state index in [-0.39, 0.29) is 24.3 Å². The van der Waals surface area contributed by atoms with E-state index >= 15 is 0 Å². The lowest BCUT2D eigenvalue weighted by Gasteiger charge is -2.29. The van der Waals surface area contributed by atoms with Crippen molar-refractivity contribution in [2.75, 3.05) is 37.9 Å². The van der Waals surface area contributed by atoms with Crippen molar-refractivity contribution in [2.24, 2.45) is 0 Å². The van der Waals surface area contributed by atoms with Crippen molar-refractivity contribution in [3.05, 3.63) is 57.6 Å². The molecular weight excluding hydrogens is 483 g/mol. The van der Waals surface area contributed by atoms with Crippen LogP contribution in [0.4, 0.5) is 5.69 Å². The van der Waals surface area contributed by atoms with Gasteiger partial charge in [0.15, 0.2) is 5.78 Å². The lowest BCUT2D eigenvalue weighted by Crippen LogP contribution is -2.31. The van der Waals surface area contributed by atoms with Gasteiger partial charge in [-0.3, -0.25) is 4.79 Å². The number of unbranched alkanes of at least 4 members (excludes halogenated alkanes) is 1. The van der Waals surface area contributed by atoms with Gasteiger partial charge >= 0.3 is 0 Å². The zero-order valence-corrected chi connectivity index (χ0v) is 22.1. The summed E-state index contributed by atoms with van der Waals surface area (Å²) in [4.78, 5) is 13.9. The normalized spacial score (nSPS) is 12.0. The Hall–Kier alpha value is -1.80. The van der Waals surface area contributed by atoms with Gasteiger partial charge in [-0.1, -0.05) is 62.5 Å². The van der Waals surface area contributed by atoms with E-state index in [1.807, 2.05) is 31.3 Å². The number of anilines is 1. The molecule has 0 aliphatic heterocycles. The minimum Gasteiger partial charge on any atom is -0.486 e. The predicted molar refractivity (Wildman–Crippen MR) is 137 cm³/mol. The largest absolute Gasteiger partial charge is 0.486 e. The number of sulfonamides is 1. The summed E-state index contributed by atoms with van der Waals surface area (Å²) in [7, 11) is -1.42. The van der Waals surface area contributed by atoms with Gasteiger partial charge in [0.2, 0.25) is 10.0 Å². The third-order valence-corrected chi connectivity index (χ3v) is 6.72. The molecule has 0 amide bonds. The molecule has 0 aliphatic carbocycles. The second-order valence-electron chi connectivity index (χ2n) is 8.63. The number of rotatable bonds is 12. The average molecular weight is 516 g/mol. The standard InChI is InChI=1S/C24H32Cl2N2O4S/c1-6-7-12-28(4)23-21(25)13-18(14-22(23)26)24(2,3)17-8-10-20(11-9-17)32-16-19(29)15-27-33(5,30)31/h8-11,13-14,27H,6-7,12,15-16H2,1-5H3. The molecular formula is C24H32Cl2N2O4S. The molecule has 6 nitrogen and oxygen atoms in total. The van der Waals surface area contributed by atoms with Crippen LogP contribution in [0.25, 0.3) is 0 Å². The Kier molecular flexibility index (Phi) is 9.61. The van der Waals surface area contributed by atoms with Gasteiger partial charge in [-0.15, -0.1) is 0 Å². The summed E-state index contributed by atoms with van der Waals surface area (Å²) < 4.78 is 29.8. The van der Waals surface area contributed by atoms with Crippen LogP contribution in [0.5, 0.6) is 5.75 Å². The van der Waals surface area contributed by atoms with Crippen LogP contribution in [-0.4, -0.2) is 47.2 Å². The molecule has 0 spiro atoms. The first kappa shape index (κ1) is 27.4. The monoisotopic (exact) mass is 514 g/mol. The molecule has 9 heteroatoms. The number of nitrogens with zero attached hydrogens (tertiary/aromatic N) is 1. The van der Waals surface area contributed by atoms with Gasteiger partial charge in [0.05, 0.1) is 28.5 Å². The third-order valence-electron chi connectivity index (χ3n) is 5.47. The Morgan fingerprint density at radius 3 is 2.18 bits per heavy atom. The SMILES string of the molecule is CCCCN(C)c1c(Cl)cc(C(C)(C)c2ccc(OCC(=O)CNS(C)(=O)=O)cc2)cc1Cl. The number of Topliss-reactive ketones (excluding diaryl/α,β-unsaturated/α-hetero) is 1. The van der Waals surface area contributed by atoms with Crippen LogP contribution in [0.1, 0.15) is 44.7 Å². The Balaban J connectivity index is 2.13. The Bertz CT molecular complexity index is 1050. The second kappa shape index (κ2) is 11.6. The fraction of sp³-hybridized carbons (Fsp3) is 0.458. The van der Waals surface area contributed by atoms with Crippen molar-refractivity contribution < 1.29 is 17.9 Å². The summed E-state index contributed by atoms with van der Waals surface area (Å²) in [6, 6.07) is 11.3. The number of ketones is 1. The van der Waals surface area contributed by atoms with E-state index in [9.17, 15) is 13.2 Å². The smallest absolute Gasteiger partial charge is 0.209 e. The van der Waals surface area contributed by atoms with Crippen LogP contribution in [0.2, 0.25) is 10.0 Å². The second-order valence-corrected chi connectivity index (χ2v) is 11.3. The summed E-state index contributed by atoms with van der Waals surface area (Å²) in [5.74, 6) is 0.157. The van der Waals surface area contributed by atoms with E-state index in [0.717, 1.165) is 42.5 Å². The maximum Gasteiger partial charge on any atom is 0.209 e. The first-order valence-electron chi connectivity index (χ1n) is 10.8. The average Bonchev–Trinajstić information content (AvgIpc) is 2.74. The van der Waals surface area contributed by atoms with Crippen LogP contribution in [-0.2, 0) is 20.2 Å². The molecule has 0 bridgehead atoms. The van der Waals surface area contributed by atoms with E-state index in [1.54, 1.807) is 12.1 Å². The summed E-state index contributed by atoms with van der Waals surface area (Å²) >= 11 is 13.3. The van der Waals surface area contributed by atoms with Gasteiger partial charge in [-0.05, 0) is 41.8 Å². The molecule has 0 heterocycles. The number of carbonyl (C=O) groups is 1. The molecule has 2 aromatic rings. The number of benzene rings is 2. The molecule has 0 aliphatic rings. The molecule has 0 saturated carbocycles. The summed E-state index contributed by atoms with van der Waals surface area (Å²) in [6.07, 6.45) is 3.15. The quantitative estimate of drug-likeness (QED) is 0.428. The number of ether oxygens (including phenoxy) is 1. The molecule has 2 rings (SSSR count). The predicted octanol–water partition coefficient (Wildman–Crippen LogP) is 5.05. The number of hydrogen-bond donors (Lipinski definition) is 1. The molecule has 2 aromatic carbocycles. The van der Waals surface area contributed by atoms with Gasteiger partial charge in [-0.2, -0.15) is 0 Å². The van der Waals surface area contributed by atoms with Crippen molar-refractivity contribution in [1.29, 1.82) is 0 Å². The maximum absolute atomic E-state index is 11.8. The molecule has 33 heavy (non-hydrogen) atoms. The molecule has 182 valence electrons. The maximum atomic E-state index is 11.8. The van der Waals surface area contributed by atoms with Crippen molar-refractivity contribution in [1.82, 2.24) is 4.72 Å².